The number of hydrogen-bond donors (Lipinski definition) is 2. The summed E-state index contributed by atoms with van der Waals surface area (Å²) in [4.78, 5) is 14.5. The summed E-state index contributed by atoms with van der Waals surface area (Å²) in [5.74, 6) is 2.09. The number of nitrogens with zero attached hydrogens (tertiary/aromatic N) is 1. The van der Waals surface area contributed by atoms with Crippen LogP contribution in [-0.2, 0) is 4.74 Å². The van der Waals surface area contributed by atoms with E-state index < -0.39 is 0 Å². The molecule has 1 saturated heterocycles. The Bertz CT molecular complexity index is 781. The van der Waals surface area contributed by atoms with Crippen LogP contribution in [0.25, 0.3) is 0 Å². The first kappa shape index (κ1) is 20.0. The molecule has 2 N–H and O–H groups in total. The number of anilines is 1. The maximum absolute atomic E-state index is 12.3. The van der Waals surface area contributed by atoms with Crippen molar-refractivity contribution in [3.05, 3.63) is 48.5 Å². The van der Waals surface area contributed by atoms with E-state index in [9.17, 15) is 4.79 Å². The van der Waals surface area contributed by atoms with Crippen LogP contribution in [0.4, 0.5) is 10.5 Å². The van der Waals surface area contributed by atoms with Gasteiger partial charge in [0.25, 0.3) is 0 Å². The van der Waals surface area contributed by atoms with Gasteiger partial charge in [-0.05, 0) is 50.4 Å². The Kier molecular flexibility index (Phi) is 6.73. The number of carbonyl (C=O) groups is 1. The number of amides is 2. The van der Waals surface area contributed by atoms with Gasteiger partial charge in [0.2, 0.25) is 0 Å². The van der Waals surface area contributed by atoms with Gasteiger partial charge < -0.3 is 29.7 Å². The quantitative estimate of drug-likeness (QED) is 0.765. The summed E-state index contributed by atoms with van der Waals surface area (Å²) in [6.07, 6.45) is 0.0133. The van der Waals surface area contributed by atoms with Crippen molar-refractivity contribution in [1.82, 2.24) is 10.2 Å². The van der Waals surface area contributed by atoms with Gasteiger partial charge in [0.15, 0.2) is 0 Å². The maximum Gasteiger partial charge on any atom is 0.319 e. The molecular formula is C21H27N3O4. The third-order valence-electron chi connectivity index (χ3n) is 4.54. The minimum absolute atomic E-state index is 0.0133. The predicted octanol–water partition coefficient (Wildman–Crippen LogP) is 3.33. The van der Waals surface area contributed by atoms with Gasteiger partial charge in [-0.1, -0.05) is 6.07 Å². The first-order valence-corrected chi connectivity index (χ1v) is 9.37. The molecule has 1 aliphatic rings. The number of carbonyl (C=O) groups excluding carboxylic acids is 1. The lowest BCUT2D eigenvalue weighted by Gasteiger charge is -2.20. The minimum Gasteiger partial charge on any atom is -0.497 e. The van der Waals surface area contributed by atoms with Crippen molar-refractivity contribution in [2.45, 2.75) is 19.1 Å². The van der Waals surface area contributed by atoms with E-state index in [-0.39, 0.29) is 18.2 Å². The topological polar surface area (TPSA) is 72.1 Å². The second-order valence-electron chi connectivity index (χ2n) is 6.73. The molecule has 0 bridgehead atoms. The SMILES string of the molecule is CCO[C@H]1CN(C)C[C@@H]1NC(=O)Nc1ccc(Oc2cccc(OC)c2)cc1. The molecule has 28 heavy (non-hydrogen) atoms. The number of rotatable bonds is 7. The van der Waals surface area contributed by atoms with Crippen molar-refractivity contribution < 1.29 is 19.0 Å². The average Bonchev–Trinajstić information content (AvgIpc) is 3.02. The zero-order valence-corrected chi connectivity index (χ0v) is 16.5. The standard InChI is InChI=1S/C21H27N3O4/c1-4-27-20-14-24(2)13-19(20)23-21(25)22-15-8-10-16(11-9-15)28-18-7-5-6-17(12-18)26-3/h5-12,19-20H,4,13-14H2,1-3H3,(H2,22,23,25)/t19-,20-/m0/s1. The van der Waals surface area contributed by atoms with Gasteiger partial charge >= 0.3 is 6.03 Å². The molecule has 0 spiro atoms. The molecule has 150 valence electrons. The number of likely N-dealkylation sites (tertiary alicyclic amines) is 1. The molecule has 0 saturated carbocycles. The molecule has 1 aliphatic heterocycles. The van der Waals surface area contributed by atoms with Crippen LogP contribution >= 0.6 is 0 Å². The highest BCUT2D eigenvalue weighted by molar-refractivity contribution is 5.89. The molecule has 0 radical (unpaired) electrons. The van der Waals surface area contributed by atoms with Crippen LogP contribution < -0.4 is 20.1 Å². The smallest absolute Gasteiger partial charge is 0.319 e. The van der Waals surface area contributed by atoms with Crippen molar-refractivity contribution >= 4 is 11.7 Å². The van der Waals surface area contributed by atoms with Crippen molar-refractivity contribution in [3.63, 3.8) is 0 Å². The Hall–Kier alpha value is -2.77. The molecule has 7 nitrogen and oxygen atoms in total. The first-order valence-electron chi connectivity index (χ1n) is 9.37. The summed E-state index contributed by atoms with van der Waals surface area (Å²) in [6.45, 7) is 4.18. The van der Waals surface area contributed by atoms with E-state index in [4.69, 9.17) is 14.2 Å². The number of nitrogens with one attached hydrogen (secondary N) is 2. The van der Waals surface area contributed by atoms with Crippen LogP contribution in [0.15, 0.2) is 48.5 Å². The average molecular weight is 385 g/mol. The highest BCUT2D eigenvalue weighted by Gasteiger charge is 2.32. The van der Waals surface area contributed by atoms with Crippen LogP contribution in [0.5, 0.6) is 17.2 Å². The number of hydrogen-bond acceptors (Lipinski definition) is 5. The molecule has 2 aromatic carbocycles. The molecule has 0 unspecified atom stereocenters. The fourth-order valence-electron chi connectivity index (χ4n) is 3.23. The highest BCUT2D eigenvalue weighted by Crippen LogP contribution is 2.26. The monoisotopic (exact) mass is 385 g/mol. The molecule has 2 amide bonds. The van der Waals surface area contributed by atoms with E-state index in [1.165, 1.54) is 0 Å². The van der Waals surface area contributed by atoms with E-state index in [2.05, 4.69) is 15.5 Å². The van der Waals surface area contributed by atoms with Gasteiger partial charge in [0.1, 0.15) is 17.2 Å². The normalized spacial score (nSPS) is 19.2. The number of benzene rings is 2. The summed E-state index contributed by atoms with van der Waals surface area (Å²) in [6, 6.07) is 14.3. The van der Waals surface area contributed by atoms with Gasteiger partial charge in [-0.15, -0.1) is 0 Å². The first-order chi connectivity index (χ1) is 13.6. The minimum atomic E-state index is -0.244. The van der Waals surface area contributed by atoms with Crippen LogP contribution in [0, 0.1) is 0 Å². The molecule has 2 atom stereocenters. The van der Waals surface area contributed by atoms with Crippen molar-refractivity contribution in [2.75, 3.05) is 39.2 Å². The molecule has 1 fully saturated rings. The fourth-order valence-corrected chi connectivity index (χ4v) is 3.23. The Morgan fingerprint density at radius 1 is 1.11 bits per heavy atom. The van der Waals surface area contributed by atoms with Crippen molar-refractivity contribution in [1.29, 1.82) is 0 Å². The Morgan fingerprint density at radius 3 is 2.57 bits per heavy atom. The predicted molar refractivity (Wildman–Crippen MR) is 108 cm³/mol. The van der Waals surface area contributed by atoms with Gasteiger partial charge in [0, 0.05) is 31.5 Å². The van der Waals surface area contributed by atoms with E-state index in [0.717, 1.165) is 18.8 Å². The van der Waals surface area contributed by atoms with Crippen LogP contribution in [0.2, 0.25) is 0 Å². The fraction of sp³-hybridized carbons (Fsp3) is 0.381. The Balaban J connectivity index is 1.54. The molecule has 0 aliphatic carbocycles. The number of urea groups is 1. The van der Waals surface area contributed by atoms with E-state index in [0.29, 0.717) is 23.8 Å². The summed E-state index contributed by atoms with van der Waals surface area (Å²) in [5, 5.41) is 5.85. The lowest BCUT2D eigenvalue weighted by Crippen LogP contribution is -2.45. The number of ether oxygens (including phenoxy) is 3. The largest absolute Gasteiger partial charge is 0.497 e. The maximum atomic E-state index is 12.3. The molecule has 7 heteroatoms. The van der Waals surface area contributed by atoms with Crippen molar-refractivity contribution in [2.24, 2.45) is 0 Å². The summed E-state index contributed by atoms with van der Waals surface area (Å²) >= 11 is 0. The second-order valence-corrected chi connectivity index (χ2v) is 6.73. The zero-order valence-electron chi connectivity index (χ0n) is 16.5. The summed E-state index contributed by atoms with van der Waals surface area (Å²) in [5.41, 5.74) is 0.690. The van der Waals surface area contributed by atoms with E-state index in [1.54, 1.807) is 31.4 Å². The Morgan fingerprint density at radius 2 is 1.86 bits per heavy atom. The Labute approximate surface area is 165 Å². The number of likely N-dealkylation sites (N-methyl/N-ethyl adjacent to an activating group) is 1. The number of methoxy groups -OCH3 is 1. The lowest BCUT2D eigenvalue weighted by atomic mass is 10.2. The van der Waals surface area contributed by atoms with Gasteiger partial charge in [-0.25, -0.2) is 4.79 Å². The second kappa shape index (κ2) is 9.43. The van der Waals surface area contributed by atoms with Gasteiger partial charge in [0.05, 0.1) is 19.3 Å². The van der Waals surface area contributed by atoms with Crippen LogP contribution in [0.3, 0.4) is 0 Å². The van der Waals surface area contributed by atoms with E-state index >= 15 is 0 Å². The van der Waals surface area contributed by atoms with Crippen LogP contribution in [0.1, 0.15) is 6.92 Å². The molecular weight excluding hydrogens is 358 g/mol. The van der Waals surface area contributed by atoms with E-state index in [1.807, 2.05) is 38.2 Å². The molecule has 0 aromatic heterocycles. The third-order valence-corrected chi connectivity index (χ3v) is 4.54. The highest BCUT2D eigenvalue weighted by atomic mass is 16.5. The van der Waals surface area contributed by atoms with Gasteiger partial charge in [-0.3, -0.25) is 0 Å². The molecule has 1 heterocycles. The summed E-state index contributed by atoms with van der Waals surface area (Å²) in [7, 11) is 3.64. The third kappa shape index (κ3) is 5.37. The summed E-state index contributed by atoms with van der Waals surface area (Å²) < 4.78 is 16.7. The zero-order chi connectivity index (χ0) is 19.9. The van der Waals surface area contributed by atoms with Crippen molar-refractivity contribution in [3.8, 4) is 17.2 Å². The van der Waals surface area contributed by atoms with Gasteiger partial charge in [-0.2, -0.15) is 0 Å². The van der Waals surface area contributed by atoms with Crippen LogP contribution in [-0.4, -0.2) is 56.9 Å². The molecule has 3 rings (SSSR count). The molecule has 2 aromatic rings. The lowest BCUT2D eigenvalue weighted by molar-refractivity contribution is 0.0568.